The zero-order chi connectivity index (χ0) is 9.42. The van der Waals surface area contributed by atoms with Gasteiger partial charge in [-0.05, 0) is 24.6 Å². The molecule has 2 rings (SSSR count). The second-order valence-electron chi connectivity index (χ2n) is 2.62. The van der Waals surface area contributed by atoms with E-state index in [0.29, 0.717) is 22.4 Å². The van der Waals surface area contributed by atoms with Gasteiger partial charge in [-0.25, -0.2) is 4.98 Å². The summed E-state index contributed by atoms with van der Waals surface area (Å²) < 4.78 is 4.87. The van der Waals surface area contributed by atoms with Crippen LogP contribution in [0.1, 0.15) is 16.1 Å². The van der Waals surface area contributed by atoms with Crippen LogP contribution in [-0.2, 0) is 0 Å². The summed E-state index contributed by atoms with van der Waals surface area (Å²) in [5.74, 6) is 0. The lowest BCUT2D eigenvalue weighted by Crippen LogP contribution is -1.89. The van der Waals surface area contributed by atoms with E-state index < -0.39 is 5.24 Å². The Bertz CT molecular complexity index is 478. The third-order valence-electron chi connectivity index (χ3n) is 1.74. The van der Waals surface area contributed by atoms with Crippen LogP contribution in [0.4, 0.5) is 0 Å². The smallest absolute Gasteiger partial charge is 0.257 e. The van der Waals surface area contributed by atoms with Gasteiger partial charge in [-0.1, -0.05) is 5.16 Å². The molecule has 2 aromatic rings. The van der Waals surface area contributed by atoms with Crippen molar-refractivity contribution in [2.75, 3.05) is 0 Å². The van der Waals surface area contributed by atoms with Gasteiger partial charge in [0.05, 0.1) is 16.6 Å². The Morgan fingerprint density at radius 2 is 2.38 bits per heavy atom. The molecular formula is C8H5ClN2O2. The highest BCUT2D eigenvalue weighted by molar-refractivity contribution is 6.67. The Balaban J connectivity index is 2.72. The van der Waals surface area contributed by atoms with Gasteiger partial charge in [0.2, 0.25) is 0 Å². The van der Waals surface area contributed by atoms with Gasteiger partial charge in [-0.15, -0.1) is 0 Å². The fraction of sp³-hybridized carbons (Fsp3) is 0.125. The molecule has 0 aromatic carbocycles. The fourth-order valence-corrected chi connectivity index (χ4v) is 1.16. The molecule has 0 saturated heterocycles. The summed E-state index contributed by atoms with van der Waals surface area (Å²) in [4.78, 5) is 14.7. The molecule has 0 unspecified atom stereocenters. The highest BCUT2D eigenvalue weighted by Crippen LogP contribution is 2.17. The van der Waals surface area contributed by atoms with Crippen LogP contribution in [-0.4, -0.2) is 15.4 Å². The second-order valence-corrected chi connectivity index (χ2v) is 2.96. The second kappa shape index (κ2) is 2.81. The Hall–Kier alpha value is -1.42. The number of hydrogen-bond donors (Lipinski definition) is 0. The van der Waals surface area contributed by atoms with Gasteiger partial charge in [0.15, 0.2) is 0 Å². The molecule has 0 fully saturated rings. The molecule has 2 heterocycles. The fourth-order valence-electron chi connectivity index (χ4n) is 1.05. The number of rotatable bonds is 1. The first-order chi connectivity index (χ1) is 6.18. The van der Waals surface area contributed by atoms with Crippen molar-refractivity contribution in [3.05, 3.63) is 23.5 Å². The monoisotopic (exact) mass is 196 g/mol. The number of carbonyl (C=O) groups excluding carboxylic acids is 1. The molecule has 0 N–H and O–H groups in total. The Morgan fingerprint density at radius 1 is 1.62 bits per heavy atom. The van der Waals surface area contributed by atoms with Crippen LogP contribution >= 0.6 is 11.6 Å². The summed E-state index contributed by atoms with van der Waals surface area (Å²) in [6.45, 7) is 1.77. The molecule has 0 amide bonds. The van der Waals surface area contributed by atoms with E-state index >= 15 is 0 Å². The number of fused-ring (bicyclic) bond motifs is 1. The molecular weight excluding hydrogens is 192 g/mol. The van der Waals surface area contributed by atoms with Gasteiger partial charge in [-0.2, -0.15) is 0 Å². The lowest BCUT2D eigenvalue weighted by Gasteiger charge is -1.91. The summed E-state index contributed by atoms with van der Waals surface area (Å²) in [6, 6.07) is 1.61. The van der Waals surface area contributed by atoms with Crippen LogP contribution in [0.2, 0.25) is 0 Å². The lowest BCUT2D eigenvalue weighted by atomic mass is 10.2. The van der Waals surface area contributed by atoms with Crippen LogP contribution < -0.4 is 0 Å². The summed E-state index contributed by atoms with van der Waals surface area (Å²) in [5.41, 5.74) is 1.46. The molecule has 0 atom stereocenters. The topological polar surface area (TPSA) is 56.0 Å². The molecule has 0 radical (unpaired) electrons. The largest absolute Gasteiger partial charge is 0.336 e. The van der Waals surface area contributed by atoms with Crippen LogP contribution in [0.25, 0.3) is 11.1 Å². The summed E-state index contributed by atoms with van der Waals surface area (Å²) in [5, 5.41) is 3.89. The predicted molar refractivity (Wildman–Crippen MR) is 46.7 cm³/mol. The number of halogens is 1. The van der Waals surface area contributed by atoms with E-state index in [0.717, 1.165) is 0 Å². The van der Waals surface area contributed by atoms with E-state index in [2.05, 4.69) is 10.1 Å². The van der Waals surface area contributed by atoms with Crippen LogP contribution in [0.15, 0.2) is 16.8 Å². The van der Waals surface area contributed by atoms with Crippen molar-refractivity contribution in [2.45, 2.75) is 6.92 Å². The molecule has 0 saturated carbocycles. The molecule has 4 nitrogen and oxygen atoms in total. The van der Waals surface area contributed by atoms with Gasteiger partial charge in [0, 0.05) is 6.20 Å². The third kappa shape index (κ3) is 1.29. The van der Waals surface area contributed by atoms with Gasteiger partial charge >= 0.3 is 0 Å². The number of nitrogens with zero attached hydrogens (tertiary/aromatic N) is 2. The minimum Gasteiger partial charge on any atom is -0.336 e. The van der Waals surface area contributed by atoms with Crippen molar-refractivity contribution in [1.29, 1.82) is 0 Å². The normalized spacial score (nSPS) is 10.6. The van der Waals surface area contributed by atoms with E-state index in [1.165, 1.54) is 6.20 Å². The van der Waals surface area contributed by atoms with E-state index in [1.807, 2.05) is 0 Å². The first-order valence-electron chi connectivity index (χ1n) is 3.60. The molecule has 2 aromatic heterocycles. The first kappa shape index (κ1) is 8.19. The van der Waals surface area contributed by atoms with Crippen molar-refractivity contribution in [2.24, 2.45) is 0 Å². The van der Waals surface area contributed by atoms with Crippen molar-refractivity contribution in [1.82, 2.24) is 10.1 Å². The van der Waals surface area contributed by atoms with Gasteiger partial charge in [0.1, 0.15) is 0 Å². The number of aromatic nitrogens is 2. The van der Waals surface area contributed by atoms with E-state index in [-0.39, 0.29) is 0 Å². The zero-order valence-corrected chi connectivity index (χ0v) is 7.50. The predicted octanol–water partition coefficient (Wildman–Crippen LogP) is 1.91. The maximum absolute atomic E-state index is 10.8. The maximum atomic E-state index is 10.8. The minimum atomic E-state index is -0.532. The maximum Gasteiger partial charge on any atom is 0.257 e. The van der Waals surface area contributed by atoms with Crippen molar-refractivity contribution in [3.8, 4) is 0 Å². The molecule has 5 heteroatoms. The number of hydrogen-bond acceptors (Lipinski definition) is 4. The molecule has 0 bridgehead atoms. The number of carbonyl (C=O) groups is 1. The van der Waals surface area contributed by atoms with Crippen molar-refractivity contribution >= 4 is 27.9 Å². The summed E-state index contributed by atoms with van der Waals surface area (Å²) in [6.07, 6.45) is 1.36. The standard InChI is InChI=1S/C8H5ClN2O2/c1-4-6-2-5(7(9)12)3-10-8(6)13-11-4/h2-3H,1H3. The van der Waals surface area contributed by atoms with Crippen LogP contribution in [0.3, 0.4) is 0 Å². The molecule has 0 spiro atoms. The van der Waals surface area contributed by atoms with Crippen LogP contribution in [0.5, 0.6) is 0 Å². The molecule has 66 valence electrons. The van der Waals surface area contributed by atoms with E-state index in [4.69, 9.17) is 16.1 Å². The molecule has 0 aliphatic heterocycles. The van der Waals surface area contributed by atoms with Gasteiger partial charge in [0.25, 0.3) is 11.0 Å². The SMILES string of the molecule is Cc1noc2ncc(C(=O)Cl)cc12. The van der Waals surface area contributed by atoms with Crippen molar-refractivity contribution in [3.63, 3.8) is 0 Å². The highest BCUT2D eigenvalue weighted by Gasteiger charge is 2.09. The quantitative estimate of drug-likeness (QED) is 0.654. The average Bonchev–Trinajstić information content (AvgIpc) is 2.47. The number of aryl methyl sites for hydroxylation is 1. The lowest BCUT2D eigenvalue weighted by molar-refractivity contribution is 0.108. The summed E-state index contributed by atoms with van der Waals surface area (Å²) in [7, 11) is 0. The van der Waals surface area contributed by atoms with Crippen LogP contribution in [0, 0.1) is 6.92 Å². The molecule has 13 heavy (non-hydrogen) atoms. The molecule has 0 aliphatic carbocycles. The average molecular weight is 197 g/mol. The minimum absolute atomic E-state index is 0.348. The first-order valence-corrected chi connectivity index (χ1v) is 3.98. The number of pyridine rings is 1. The Kier molecular flexibility index (Phi) is 1.77. The summed E-state index contributed by atoms with van der Waals surface area (Å²) >= 11 is 5.29. The van der Waals surface area contributed by atoms with E-state index in [9.17, 15) is 4.79 Å². The Labute approximate surface area is 78.5 Å². The van der Waals surface area contributed by atoms with E-state index in [1.54, 1.807) is 13.0 Å². The third-order valence-corrected chi connectivity index (χ3v) is 1.96. The zero-order valence-electron chi connectivity index (χ0n) is 6.74. The van der Waals surface area contributed by atoms with Gasteiger partial charge < -0.3 is 4.52 Å². The molecule has 0 aliphatic rings. The van der Waals surface area contributed by atoms with Crippen molar-refractivity contribution < 1.29 is 9.32 Å². The van der Waals surface area contributed by atoms with Gasteiger partial charge in [-0.3, -0.25) is 4.79 Å². The Morgan fingerprint density at radius 3 is 3.08 bits per heavy atom. The highest BCUT2D eigenvalue weighted by atomic mass is 35.5.